The number of pyridine rings is 1. The van der Waals surface area contributed by atoms with Crippen molar-refractivity contribution < 1.29 is 23.9 Å². The van der Waals surface area contributed by atoms with E-state index in [1.165, 1.54) is 14.0 Å². The summed E-state index contributed by atoms with van der Waals surface area (Å²) < 4.78 is 10.7. The van der Waals surface area contributed by atoms with Gasteiger partial charge in [-0.05, 0) is 31.2 Å². The quantitative estimate of drug-likeness (QED) is 0.667. The van der Waals surface area contributed by atoms with Crippen LogP contribution in [0.2, 0.25) is 0 Å². The van der Waals surface area contributed by atoms with Gasteiger partial charge < -0.3 is 19.2 Å². The van der Waals surface area contributed by atoms with Crippen LogP contribution in [-0.2, 0) is 14.4 Å². The minimum absolute atomic E-state index is 0.360. The third-order valence-electron chi connectivity index (χ3n) is 4.36. The fraction of sp³-hybridized carbons (Fsp3) is 0.350. The minimum Gasteiger partial charge on any atom is -0.497 e. The maximum atomic E-state index is 12.5. The van der Waals surface area contributed by atoms with Gasteiger partial charge in [-0.25, -0.2) is 4.79 Å². The summed E-state index contributed by atoms with van der Waals surface area (Å²) in [4.78, 5) is 36.0. The molecule has 3 rings (SSSR count). The Hall–Kier alpha value is -3.13. The molecular weight excluding hydrogens is 362 g/mol. The SMILES string of the molecule is COc1cccc(OC(C(C)=O)C(=O)ON2CCN(c3ccncc3)CC2)c1. The monoisotopic (exact) mass is 385 g/mol. The molecule has 0 radical (unpaired) electrons. The molecule has 0 spiro atoms. The molecule has 1 aliphatic heterocycles. The van der Waals surface area contributed by atoms with Crippen LogP contribution in [0, 0.1) is 0 Å². The van der Waals surface area contributed by atoms with Crippen LogP contribution in [0.4, 0.5) is 5.69 Å². The Morgan fingerprint density at radius 1 is 1.04 bits per heavy atom. The van der Waals surface area contributed by atoms with Crippen molar-refractivity contribution in [2.75, 3.05) is 38.2 Å². The van der Waals surface area contributed by atoms with E-state index < -0.39 is 17.9 Å². The first-order valence-corrected chi connectivity index (χ1v) is 8.99. The number of carbonyl (C=O) groups excluding carboxylic acids is 2. The number of carbonyl (C=O) groups is 2. The normalized spacial score (nSPS) is 15.6. The van der Waals surface area contributed by atoms with Crippen molar-refractivity contribution in [3.8, 4) is 11.5 Å². The van der Waals surface area contributed by atoms with Gasteiger partial charge in [-0.2, -0.15) is 0 Å². The van der Waals surface area contributed by atoms with E-state index in [0.29, 0.717) is 37.7 Å². The number of Topliss-reactive ketones (excluding diaryl/α,β-unsaturated/α-hetero) is 1. The van der Waals surface area contributed by atoms with E-state index in [4.69, 9.17) is 14.3 Å². The van der Waals surface area contributed by atoms with Gasteiger partial charge in [-0.3, -0.25) is 9.78 Å². The van der Waals surface area contributed by atoms with Crippen molar-refractivity contribution >= 4 is 17.4 Å². The number of hydrogen-bond acceptors (Lipinski definition) is 8. The summed E-state index contributed by atoms with van der Waals surface area (Å²) in [7, 11) is 1.53. The maximum absolute atomic E-state index is 12.5. The zero-order valence-corrected chi connectivity index (χ0v) is 15.9. The molecule has 1 saturated heterocycles. The number of piperazine rings is 1. The summed E-state index contributed by atoms with van der Waals surface area (Å²) >= 11 is 0. The van der Waals surface area contributed by atoms with Crippen molar-refractivity contribution in [3.05, 3.63) is 48.8 Å². The highest BCUT2D eigenvalue weighted by Gasteiger charge is 2.30. The summed E-state index contributed by atoms with van der Waals surface area (Å²) in [5, 5.41) is 1.56. The summed E-state index contributed by atoms with van der Waals surface area (Å²) in [5.74, 6) is -0.227. The smallest absolute Gasteiger partial charge is 0.374 e. The van der Waals surface area contributed by atoms with Crippen LogP contribution in [0.15, 0.2) is 48.8 Å². The molecule has 1 aliphatic rings. The molecule has 0 amide bonds. The largest absolute Gasteiger partial charge is 0.497 e. The Balaban J connectivity index is 1.56. The number of ether oxygens (including phenoxy) is 2. The van der Waals surface area contributed by atoms with E-state index in [1.807, 2.05) is 12.1 Å². The van der Waals surface area contributed by atoms with Crippen molar-refractivity contribution in [1.82, 2.24) is 10.0 Å². The van der Waals surface area contributed by atoms with Crippen LogP contribution in [0.1, 0.15) is 6.92 Å². The van der Waals surface area contributed by atoms with Gasteiger partial charge in [0.25, 0.3) is 6.10 Å². The number of aromatic nitrogens is 1. The molecule has 0 aliphatic carbocycles. The highest BCUT2D eigenvalue weighted by molar-refractivity contribution is 6.01. The highest BCUT2D eigenvalue weighted by atomic mass is 16.7. The van der Waals surface area contributed by atoms with Crippen LogP contribution < -0.4 is 14.4 Å². The molecule has 8 nitrogen and oxygen atoms in total. The fourth-order valence-corrected chi connectivity index (χ4v) is 2.88. The van der Waals surface area contributed by atoms with E-state index in [9.17, 15) is 9.59 Å². The van der Waals surface area contributed by atoms with E-state index in [2.05, 4.69) is 9.88 Å². The summed E-state index contributed by atoms with van der Waals surface area (Å²) in [6, 6.07) is 10.6. The molecule has 1 unspecified atom stereocenters. The first kappa shape index (κ1) is 19.6. The van der Waals surface area contributed by atoms with Crippen molar-refractivity contribution in [2.45, 2.75) is 13.0 Å². The van der Waals surface area contributed by atoms with Crippen molar-refractivity contribution in [2.24, 2.45) is 0 Å². The summed E-state index contributed by atoms with van der Waals surface area (Å²) in [5.41, 5.74) is 1.07. The molecule has 2 aromatic rings. The molecule has 148 valence electrons. The van der Waals surface area contributed by atoms with Crippen molar-refractivity contribution in [1.29, 1.82) is 0 Å². The first-order chi connectivity index (χ1) is 13.6. The van der Waals surface area contributed by atoms with Gasteiger partial charge in [0.2, 0.25) is 0 Å². The number of hydrogen-bond donors (Lipinski definition) is 0. The number of rotatable bonds is 7. The fourth-order valence-electron chi connectivity index (χ4n) is 2.88. The number of ketones is 1. The van der Waals surface area contributed by atoms with E-state index in [-0.39, 0.29) is 0 Å². The van der Waals surface area contributed by atoms with Gasteiger partial charge in [0.05, 0.1) is 20.2 Å². The van der Waals surface area contributed by atoms with Crippen LogP contribution >= 0.6 is 0 Å². The molecule has 0 bridgehead atoms. The summed E-state index contributed by atoms with van der Waals surface area (Å²) in [6.45, 7) is 3.74. The Bertz CT molecular complexity index is 806. The number of anilines is 1. The first-order valence-electron chi connectivity index (χ1n) is 8.99. The number of nitrogens with zero attached hydrogens (tertiary/aromatic N) is 3. The molecular formula is C20H23N3O5. The maximum Gasteiger partial charge on any atom is 0.374 e. The van der Waals surface area contributed by atoms with Gasteiger partial charge in [0.1, 0.15) is 11.5 Å². The van der Waals surface area contributed by atoms with E-state index in [0.717, 1.165) is 5.69 Å². The zero-order chi connectivity index (χ0) is 19.9. The van der Waals surface area contributed by atoms with Crippen LogP contribution in [0.25, 0.3) is 0 Å². The molecule has 28 heavy (non-hydrogen) atoms. The topological polar surface area (TPSA) is 81.2 Å². The molecule has 1 aromatic carbocycles. The Kier molecular flexibility index (Phi) is 6.44. The second-order valence-electron chi connectivity index (χ2n) is 6.32. The van der Waals surface area contributed by atoms with Gasteiger partial charge in [-0.15, -0.1) is 5.06 Å². The van der Waals surface area contributed by atoms with Crippen LogP contribution in [0.5, 0.6) is 11.5 Å². The number of hydroxylamine groups is 2. The lowest BCUT2D eigenvalue weighted by atomic mass is 10.2. The lowest BCUT2D eigenvalue weighted by molar-refractivity contribution is -0.199. The predicted octanol–water partition coefficient (Wildman–Crippen LogP) is 1.71. The third-order valence-corrected chi connectivity index (χ3v) is 4.36. The van der Waals surface area contributed by atoms with Gasteiger partial charge in [-0.1, -0.05) is 6.07 Å². The predicted molar refractivity (Wildman–Crippen MR) is 102 cm³/mol. The lowest BCUT2D eigenvalue weighted by Crippen LogP contribution is -2.49. The van der Waals surface area contributed by atoms with E-state index >= 15 is 0 Å². The highest BCUT2D eigenvalue weighted by Crippen LogP contribution is 2.21. The molecule has 1 fully saturated rings. The van der Waals surface area contributed by atoms with Crippen LogP contribution in [0.3, 0.4) is 0 Å². The molecule has 0 N–H and O–H groups in total. The second kappa shape index (κ2) is 9.18. The minimum atomic E-state index is -1.33. The number of methoxy groups -OCH3 is 1. The second-order valence-corrected chi connectivity index (χ2v) is 6.32. The zero-order valence-electron chi connectivity index (χ0n) is 15.9. The standard InChI is InChI=1S/C20H23N3O5/c1-15(24)19(27-18-5-3-4-17(14-18)26-2)20(25)28-23-12-10-22(11-13-23)16-6-8-21-9-7-16/h3-9,14,19H,10-13H2,1-2H3. The number of benzene rings is 1. The van der Waals surface area contributed by atoms with Gasteiger partial charge >= 0.3 is 5.97 Å². The average molecular weight is 385 g/mol. The molecule has 1 atom stereocenters. The van der Waals surface area contributed by atoms with Crippen molar-refractivity contribution in [3.63, 3.8) is 0 Å². The lowest BCUT2D eigenvalue weighted by Gasteiger charge is -2.35. The molecule has 1 aromatic heterocycles. The van der Waals surface area contributed by atoms with E-state index in [1.54, 1.807) is 41.7 Å². The molecule has 2 heterocycles. The summed E-state index contributed by atoms with van der Waals surface area (Å²) in [6.07, 6.45) is 2.16. The van der Waals surface area contributed by atoms with Gasteiger partial charge in [0, 0.05) is 37.2 Å². The third kappa shape index (κ3) is 4.98. The molecule has 8 heteroatoms. The van der Waals surface area contributed by atoms with Crippen LogP contribution in [-0.4, -0.2) is 61.2 Å². The Morgan fingerprint density at radius 3 is 2.36 bits per heavy atom. The molecule has 0 saturated carbocycles. The average Bonchev–Trinajstić information content (AvgIpc) is 2.73. The van der Waals surface area contributed by atoms with Gasteiger partial charge in [0.15, 0.2) is 5.78 Å². The Morgan fingerprint density at radius 2 is 1.71 bits per heavy atom. The Labute approximate surface area is 163 Å².